The Morgan fingerprint density at radius 1 is 1.18 bits per heavy atom. The first kappa shape index (κ1) is 26.3. The summed E-state index contributed by atoms with van der Waals surface area (Å²) in [4.78, 5) is 33.6. The number of hydrogen-bond donors (Lipinski definition) is 3. The third kappa shape index (κ3) is 6.43. The molecule has 0 bridgehead atoms. The highest BCUT2D eigenvalue weighted by Crippen LogP contribution is 2.29. The van der Waals surface area contributed by atoms with E-state index in [4.69, 9.17) is 0 Å². The third-order valence-corrected chi connectivity index (χ3v) is 6.96. The minimum atomic E-state index is -0.711. The average Bonchev–Trinajstić information content (AvgIpc) is 3.34. The lowest BCUT2D eigenvalue weighted by molar-refractivity contribution is -0.142. The number of aromatic nitrogens is 1. The number of likely N-dealkylation sites (tertiary alicyclic amines) is 1. The zero-order chi connectivity index (χ0) is 25.3. The maximum atomic E-state index is 13.6. The van der Waals surface area contributed by atoms with E-state index in [1.54, 1.807) is 16.2 Å². The smallest absolute Gasteiger partial charge is 0.243 e. The van der Waals surface area contributed by atoms with E-state index in [9.17, 15) is 14.7 Å². The molecule has 1 saturated heterocycles. The minimum Gasteiger partial charge on any atom is -0.391 e. The zero-order valence-electron chi connectivity index (χ0n) is 21.3. The number of carbonyl (C=O) groups is 2. The molecule has 1 aromatic carbocycles. The van der Waals surface area contributed by atoms with Crippen LogP contribution in [0.1, 0.15) is 59.2 Å². The van der Waals surface area contributed by atoms with E-state index in [2.05, 4.69) is 15.6 Å². The first-order chi connectivity index (χ1) is 15.8. The van der Waals surface area contributed by atoms with Gasteiger partial charge in [0, 0.05) is 25.0 Å². The van der Waals surface area contributed by atoms with Crippen molar-refractivity contribution in [1.29, 1.82) is 0 Å². The van der Waals surface area contributed by atoms with Crippen molar-refractivity contribution in [2.45, 2.75) is 85.2 Å². The fourth-order valence-corrected chi connectivity index (χ4v) is 5.02. The van der Waals surface area contributed by atoms with Crippen LogP contribution in [0.3, 0.4) is 0 Å². The number of hydrogen-bond acceptors (Lipinski definition) is 6. The van der Waals surface area contributed by atoms with Gasteiger partial charge in [0.2, 0.25) is 11.8 Å². The summed E-state index contributed by atoms with van der Waals surface area (Å²) in [5.41, 5.74) is 4.29. The number of benzene rings is 1. The summed E-state index contributed by atoms with van der Waals surface area (Å²) in [6, 6.07) is 6.88. The van der Waals surface area contributed by atoms with Crippen molar-refractivity contribution in [2.75, 3.05) is 6.54 Å². The van der Waals surface area contributed by atoms with Crippen LogP contribution in [-0.4, -0.2) is 57.1 Å². The normalized spacial score (nSPS) is 19.8. The highest BCUT2D eigenvalue weighted by atomic mass is 32.1. The lowest BCUT2D eigenvalue weighted by atomic mass is 9.84. The molecule has 7 nitrogen and oxygen atoms in total. The minimum absolute atomic E-state index is 0.150. The van der Waals surface area contributed by atoms with E-state index in [1.807, 2.05) is 78.2 Å². The monoisotopic (exact) mass is 486 g/mol. The molecule has 186 valence electrons. The summed E-state index contributed by atoms with van der Waals surface area (Å²) in [7, 11) is 0. The molecule has 8 heteroatoms. The van der Waals surface area contributed by atoms with Gasteiger partial charge < -0.3 is 20.6 Å². The number of rotatable bonds is 6. The number of nitrogens with one attached hydrogen (secondary N) is 2. The number of carbonyl (C=O) groups excluding carboxylic acids is 2. The Morgan fingerprint density at radius 2 is 1.82 bits per heavy atom. The van der Waals surface area contributed by atoms with Crippen molar-refractivity contribution in [2.24, 2.45) is 5.41 Å². The lowest BCUT2D eigenvalue weighted by Crippen LogP contribution is -2.60. The van der Waals surface area contributed by atoms with E-state index in [-0.39, 0.29) is 35.7 Å². The summed E-state index contributed by atoms with van der Waals surface area (Å²) in [6.45, 7) is 14.6. The number of aryl methyl sites for hydroxylation is 1. The molecule has 2 unspecified atom stereocenters. The molecule has 0 aliphatic carbocycles. The third-order valence-electron chi connectivity index (χ3n) is 5.98. The SMILES string of the molecule is Cc1ncsc1-c1ccc(CNC(=O)C2C[C@@H](O)CN2C(=O)C(NC(C)(C)C)C(C)(C)C)cc1. The Kier molecular flexibility index (Phi) is 7.85. The molecule has 2 aromatic rings. The Morgan fingerprint density at radius 3 is 2.35 bits per heavy atom. The second kappa shape index (κ2) is 10.1. The van der Waals surface area contributed by atoms with Crippen molar-refractivity contribution in [3.05, 3.63) is 41.0 Å². The summed E-state index contributed by atoms with van der Waals surface area (Å²) in [6.07, 6.45) is -0.468. The molecule has 1 aromatic heterocycles. The quantitative estimate of drug-likeness (QED) is 0.581. The van der Waals surface area contributed by atoms with Gasteiger partial charge in [0.1, 0.15) is 6.04 Å². The highest BCUT2D eigenvalue weighted by molar-refractivity contribution is 7.13. The number of aliphatic hydroxyl groups excluding tert-OH is 1. The molecular weight excluding hydrogens is 448 g/mol. The molecule has 34 heavy (non-hydrogen) atoms. The van der Waals surface area contributed by atoms with Crippen LogP contribution < -0.4 is 10.6 Å². The Bertz CT molecular complexity index is 1000. The topological polar surface area (TPSA) is 94.6 Å². The molecule has 2 heterocycles. The molecular formula is C26H38N4O3S. The lowest BCUT2D eigenvalue weighted by Gasteiger charge is -2.39. The first-order valence-electron chi connectivity index (χ1n) is 11.8. The highest BCUT2D eigenvalue weighted by Gasteiger charge is 2.44. The van der Waals surface area contributed by atoms with Gasteiger partial charge in [-0.15, -0.1) is 11.3 Å². The van der Waals surface area contributed by atoms with Gasteiger partial charge in [-0.25, -0.2) is 4.98 Å². The predicted octanol–water partition coefficient (Wildman–Crippen LogP) is 3.50. The van der Waals surface area contributed by atoms with Crippen molar-refractivity contribution < 1.29 is 14.7 Å². The molecule has 1 fully saturated rings. The van der Waals surface area contributed by atoms with Crippen molar-refractivity contribution >= 4 is 23.2 Å². The maximum Gasteiger partial charge on any atom is 0.243 e. The van der Waals surface area contributed by atoms with Gasteiger partial charge >= 0.3 is 0 Å². The Labute approximate surface area is 207 Å². The van der Waals surface area contributed by atoms with Crippen LogP contribution in [0, 0.1) is 12.3 Å². The molecule has 3 rings (SSSR count). The molecule has 3 N–H and O–H groups in total. The van der Waals surface area contributed by atoms with Crippen LogP contribution in [0.15, 0.2) is 29.8 Å². The van der Waals surface area contributed by atoms with Gasteiger partial charge in [0.25, 0.3) is 0 Å². The summed E-state index contributed by atoms with van der Waals surface area (Å²) < 4.78 is 0. The average molecular weight is 487 g/mol. The fourth-order valence-electron chi connectivity index (χ4n) is 4.21. The Hall–Kier alpha value is -2.29. The van der Waals surface area contributed by atoms with E-state index >= 15 is 0 Å². The maximum absolute atomic E-state index is 13.6. The summed E-state index contributed by atoms with van der Waals surface area (Å²) in [5.74, 6) is -0.390. The second-order valence-corrected chi connectivity index (χ2v) is 12.1. The number of amides is 2. The van der Waals surface area contributed by atoms with Crippen LogP contribution in [-0.2, 0) is 16.1 Å². The number of β-amino-alcohol motifs (C(OH)–C–C–N with tert-alkyl or cyclic N) is 1. The Balaban J connectivity index is 1.68. The number of nitrogens with zero attached hydrogens (tertiary/aromatic N) is 2. The van der Waals surface area contributed by atoms with Crippen LogP contribution in [0.25, 0.3) is 10.4 Å². The first-order valence-corrected chi connectivity index (χ1v) is 12.7. The molecule has 1 aliphatic rings. The van der Waals surface area contributed by atoms with Crippen molar-refractivity contribution in [3.8, 4) is 10.4 Å². The molecule has 2 amide bonds. The predicted molar refractivity (Wildman–Crippen MR) is 136 cm³/mol. The van der Waals surface area contributed by atoms with Gasteiger partial charge in [0.05, 0.1) is 28.2 Å². The van der Waals surface area contributed by atoms with E-state index in [0.29, 0.717) is 6.54 Å². The second-order valence-electron chi connectivity index (χ2n) is 11.3. The molecule has 0 radical (unpaired) electrons. The fraction of sp³-hybridized carbons (Fsp3) is 0.577. The zero-order valence-corrected chi connectivity index (χ0v) is 22.1. The van der Waals surface area contributed by atoms with E-state index < -0.39 is 18.2 Å². The van der Waals surface area contributed by atoms with E-state index in [0.717, 1.165) is 21.7 Å². The standard InChI is InChI=1S/C26H38N4O3S/c1-16-21(34-15-28-16)18-10-8-17(9-11-18)13-27-23(32)20-12-19(31)14-30(20)24(33)22(25(2,3)4)29-26(5,6)7/h8-11,15,19-20,22,29,31H,12-14H2,1-7H3,(H,27,32)/t19-,20?,22?/m1/s1. The van der Waals surface area contributed by atoms with Crippen LogP contribution in [0.5, 0.6) is 0 Å². The number of thiazole rings is 1. The van der Waals surface area contributed by atoms with Crippen LogP contribution in [0.4, 0.5) is 0 Å². The van der Waals surface area contributed by atoms with E-state index in [1.165, 1.54) is 0 Å². The van der Waals surface area contributed by atoms with Gasteiger partial charge in [-0.05, 0) is 44.2 Å². The van der Waals surface area contributed by atoms with Crippen LogP contribution in [0.2, 0.25) is 0 Å². The van der Waals surface area contributed by atoms with Gasteiger partial charge in [0.15, 0.2) is 0 Å². The molecule has 3 atom stereocenters. The molecule has 0 spiro atoms. The molecule has 0 saturated carbocycles. The van der Waals surface area contributed by atoms with Gasteiger partial charge in [-0.1, -0.05) is 45.0 Å². The summed E-state index contributed by atoms with van der Waals surface area (Å²) >= 11 is 1.61. The van der Waals surface area contributed by atoms with Crippen molar-refractivity contribution in [3.63, 3.8) is 0 Å². The van der Waals surface area contributed by atoms with Crippen LogP contribution >= 0.6 is 11.3 Å². The molecule has 1 aliphatic heterocycles. The van der Waals surface area contributed by atoms with Crippen molar-refractivity contribution in [1.82, 2.24) is 20.5 Å². The van der Waals surface area contributed by atoms with Gasteiger partial charge in [-0.3, -0.25) is 9.59 Å². The van der Waals surface area contributed by atoms with Gasteiger partial charge in [-0.2, -0.15) is 0 Å². The largest absolute Gasteiger partial charge is 0.391 e. The summed E-state index contributed by atoms with van der Waals surface area (Å²) in [5, 5.41) is 16.7. The number of aliphatic hydroxyl groups is 1.